The monoisotopic (exact) mass is 244 g/mol. The number of carbonyl (C=O) groups excluding carboxylic acids is 1. The smallest absolute Gasteiger partial charge is 0.414 e. The van der Waals surface area contributed by atoms with Gasteiger partial charge in [0.1, 0.15) is 6.10 Å². The van der Waals surface area contributed by atoms with Crippen LogP contribution in [0.3, 0.4) is 0 Å². The highest BCUT2D eigenvalue weighted by molar-refractivity contribution is 5.90. The molecule has 0 aromatic heterocycles. The zero-order chi connectivity index (χ0) is 13.1. The lowest BCUT2D eigenvalue weighted by molar-refractivity contribution is 0.143. The Kier molecular flexibility index (Phi) is 3.52. The number of nitrogens with zero attached hydrogens (tertiary/aromatic N) is 2. The molecule has 0 radical (unpaired) electrons. The summed E-state index contributed by atoms with van der Waals surface area (Å²) in [6.45, 7) is 4.64. The molecule has 0 saturated carbocycles. The number of para-hydroxylation sites is 1. The van der Waals surface area contributed by atoms with Crippen molar-refractivity contribution in [2.24, 2.45) is 0 Å². The van der Waals surface area contributed by atoms with Crippen LogP contribution in [0, 0.1) is 11.3 Å². The van der Waals surface area contributed by atoms with E-state index in [-0.39, 0.29) is 18.6 Å². The van der Waals surface area contributed by atoms with Crippen LogP contribution in [0.25, 0.3) is 0 Å². The molecule has 4 heteroatoms. The van der Waals surface area contributed by atoms with Gasteiger partial charge in [-0.3, -0.25) is 4.90 Å². The third-order valence-corrected chi connectivity index (χ3v) is 3.04. The molecule has 1 saturated heterocycles. The summed E-state index contributed by atoms with van der Waals surface area (Å²) < 4.78 is 5.17. The first-order valence-corrected chi connectivity index (χ1v) is 6.07. The minimum Gasteiger partial charge on any atom is -0.443 e. The molecule has 1 fully saturated rings. The fourth-order valence-electron chi connectivity index (χ4n) is 2.15. The first-order chi connectivity index (χ1) is 8.63. The molecule has 1 unspecified atom stereocenters. The summed E-state index contributed by atoms with van der Waals surface area (Å²) in [5.41, 5.74) is 2.00. The van der Waals surface area contributed by atoms with E-state index in [1.807, 2.05) is 30.3 Å². The van der Waals surface area contributed by atoms with Crippen molar-refractivity contribution in [3.63, 3.8) is 0 Å². The zero-order valence-corrected chi connectivity index (χ0v) is 10.6. The van der Waals surface area contributed by atoms with Gasteiger partial charge in [0.2, 0.25) is 0 Å². The van der Waals surface area contributed by atoms with Gasteiger partial charge in [0.05, 0.1) is 24.7 Å². The largest absolute Gasteiger partial charge is 0.443 e. The summed E-state index contributed by atoms with van der Waals surface area (Å²) in [7, 11) is 0. The molecular weight excluding hydrogens is 228 g/mol. The summed E-state index contributed by atoms with van der Waals surface area (Å²) in [6, 6.07) is 9.85. The highest BCUT2D eigenvalue weighted by atomic mass is 16.6. The van der Waals surface area contributed by atoms with E-state index < -0.39 is 0 Å². The van der Waals surface area contributed by atoms with Gasteiger partial charge in [-0.15, -0.1) is 0 Å². The highest BCUT2D eigenvalue weighted by Crippen LogP contribution is 2.30. The molecule has 1 aromatic carbocycles. The molecule has 1 aliphatic heterocycles. The molecule has 4 nitrogen and oxygen atoms in total. The predicted molar refractivity (Wildman–Crippen MR) is 68.4 cm³/mol. The van der Waals surface area contributed by atoms with Gasteiger partial charge >= 0.3 is 6.09 Å². The minimum atomic E-state index is -0.358. The van der Waals surface area contributed by atoms with Gasteiger partial charge in [-0.2, -0.15) is 5.26 Å². The van der Waals surface area contributed by atoms with Crippen LogP contribution in [0.2, 0.25) is 0 Å². The second-order valence-corrected chi connectivity index (χ2v) is 4.69. The highest BCUT2D eigenvalue weighted by Gasteiger charge is 2.33. The maximum atomic E-state index is 11.8. The predicted octanol–water partition coefficient (Wildman–Crippen LogP) is 3.05. The Morgan fingerprint density at radius 3 is 2.89 bits per heavy atom. The van der Waals surface area contributed by atoms with Crippen LogP contribution in [0.15, 0.2) is 24.3 Å². The maximum Gasteiger partial charge on any atom is 0.414 e. The average Bonchev–Trinajstić information content (AvgIpc) is 2.70. The summed E-state index contributed by atoms with van der Waals surface area (Å²) in [5, 5.41) is 8.65. The fourth-order valence-corrected chi connectivity index (χ4v) is 2.15. The second-order valence-electron chi connectivity index (χ2n) is 4.69. The topological polar surface area (TPSA) is 53.3 Å². The van der Waals surface area contributed by atoms with Crippen molar-refractivity contribution in [1.29, 1.82) is 5.26 Å². The molecule has 0 bridgehead atoms. The van der Waals surface area contributed by atoms with Gasteiger partial charge in [0.15, 0.2) is 0 Å². The van der Waals surface area contributed by atoms with Crippen LogP contribution in [0.5, 0.6) is 0 Å². The Balaban J connectivity index is 2.27. The quantitative estimate of drug-likeness (QED) is 0.821. The third-order valence-electron chi connectivity index (χ3n) is 3.04. The lowest BCUT2D eigenvalue weighted by Gasteiger charge is -2.19. The Labute approximate surface area is 107 Å². The number of rotatable bonds is 3. The number of benzene rings is 1. The normalized spacial score (nSPS) is 18.9. The van der Waals surface area contributed by atoms with Gasteiger partial charge in [-0.1, -0.05) is 32.0 Å². The van der Waals surface area contributed by atoms with Crippen molar-refractivity contribution in [3.05, 3.63) is 29.8 Å². The summed E-state index contributed by atoms with van der Waals surface area (Å²) >= 11 is 0. The van der Waals surface area contributed by atoms with E-state index in [9.17, 15) is 4.79 Å². The number of hydrogen-bond donors (Lipinski definition) is 0. The van der Waals surface area contributed by atoms with Crippen LogP contribution in [-0.4, -0.2) is 18.7 Å². The van der Waals surface area contributed by atoms with Crippen molar-refractivity contribution in [3.8, 4) is 6.07 Å². The van der Waals surface area contributed by atoms with Crippen molar-refractivity contribution in [1.82, 2.24) is 0 Å². The van der Waals surface area contributed by atoms with Crippen molar-refractivity contribution in [2.45, 2.75) is 32.3 Å². The first kappa shape index (κ1) is 12.4. The van der Waals surface area contributed by atoms with Gasteiger partial charge < -0.3 is 4.74 Å². The SMILES string of the molecule is CC(C)c1ccccc1N1CC(CC#N)OC1=O. The molecule has 0 spiro atoms. The number of cyclic esters (lactones) is 1. The Morgan fingerprint density at radius 1 is 1.50 bits per heavy atom. The van der Waals surface area contributed by atoms with E-state index in [1.54, 1.807) is 4.90 Å². The molecule has 1 atom stereocenters. The maximum absolute atomic E-state index is 11.8. The van der Waals surface area contributed by atoms with Crippen LogP contribution in [0.4, 0.5) is 10.5 Å². The lowest BCUT2D eigenvalue weighted by Crippen LogP contribution is -2.25. The van der Waals surface area contributed by atoms with E-state index >= 15 is 0 Å². The van der Waals surface area contributed by atoms with Crippen molar-refractivity contribution in [2.75, 3.05) is 11.4 Å². The van der Waals surface area contributed by atoms with Gasteiger partial charge in [-0.25, -0.2) is 4.79 Å². The van der Waals surface area contributed by atoms with Crippen LogP contribution < -0.4 is 4.90 Å². The van der Waals surface area contributed by atoms with Crippen LogP contribution in [0.1, 0.15) is 31.7 Å². The molecule has 1 amide bonds. The fraction of sp³-hybridized carbons (Fsp3) is 0.429. The van der Waals surface area contributed by atoms with E-state index in [0.29, 0.717) is 12.5 Å². The second kappa shape index (κ2) is 5.09. The van der Waals surface area contributed by atoms with Gasteiger partial charge in [-0.05, 0) is 17.5 Å². The van der Waals surface area contributed by atoms with E-state index in [2.05, 4.69) is 13.8 Å². The number of amides is 1. The number of ether oxygens (including phenoxy) is 1. The van der Waals surface area contributed by atoms with Gasteiger partial charge in [0.25, 0.3) is 0 Å². The van der Waals surface area contributed by atoms with Crippen molar-refractivity contribution < 1.29 is 9.53 Å². The Hall–Kier alpha value is -2.02. The summed E-state index contributed by atoms with van der Waals surface area (Å²) in [4.78, 5) is 13.5. The number of nitriles is 1. The molecule has 94 valence electrons. The standard InChI is InChI=1S/C14H16N2O2/c1-10(2)12-5-3-4-6-13(12)16-9-11(7-8-15)18-14(16)17/h3-6,10-11H,7,9H2,1-2H3. The molecule has 2 rings (SSSR count). The molecule has 0 aliphatic carbocycles. The minimum absolute atomic E-state index is 0.242. The van der Waals surface area contributed by atoms with Crippen LogP contribution >= 0.6 is 0 Å². The van der Waals surface area contributed by atoms with E-state index in [4.69, 9.17) is 10.00 Å². The molecule has 1 aromatic rings. The molecular formula is C14H16N2O2. The van der Waals surface area contributed by atoms with Crippen molar-refractivity contribution >= 4 is 11.8 Å². The summed E-state index contributed by atoms with van der Waals surface area (Å²) in [6.07, 6.45) is -0.433. The van der Waals surface area contributed by atoms with E-state index in [0.717, 1.165) is 11.3 Å². The van der Waals surface area contributed by atoms with Gasteiger partial charge in [0, 0.05) is 0 Å². The number of anilines is 1. The lowest BCUT2D eigenvalue weighted by atomic mass is 10.0. The molecule has 1 aliphatic rings. The first-order valence-electron chi connectivity index (χ1n) is 6.07. The van der Waals surface area contributed by atoms with E-state index in [1.165, 1.54) is 0 Å². The average molecular weight is 244 g/mol. The van der Waals surface area contributed by atoms with Crippen LogP contribution in [-0.2, 0) is 4.74 Å². The Bertz CT molecular complexity index is 491. The Morgan fingerprint density at radius 2 is 2.22 bits per heavy atom. The number of carbonyl (C=O) groups is 1. The summed E-state index contributed by atoms with van der Waals surface area (Å²) in [5.74, 6) is 0.337. The molecule has 18 heavy (non-hydrogen) atoms. The number of hydrogen-bond acceptors (Lipinski definition) is 3. The molecule has 1 heterocycles. The zero-order valence-electron chi connectivity index (χ0n) is 10.6. The third kappa shape index (κ3) is 2.30. The molecule has 0 N–H and O–H groups in total.